The first-order chi connectivity index (χ1) is 11.5. The van der Waals surface area contributed by atoms with Crippen molar-refractivity contribution in [3.63, 3.8) is 0 Å². The summed E-state index contributed by atoms with van der Waals surface area (Å²) in [5.74, 6) is 1.25. The maximum atomic E-state index is 9.93. The van der Waals surface area contributed by atoms with Gasteiger partial charge in [0.1, 0.15) is 0 Å². The van der Waals surface area contributed by atoms with E-state index in [-0.39, 0.29) is 21.2 Å². The van der Waals surface area contributed by atoms with Crippen LogP contribution >= 0.6 is 0 Å². The molecule has 0 aliphatic carbocycles. The third-order valence-electron chi connectivity index (χ3n) is 3.29. The minimum atomic E-state index is -11.2. The summed E-state index contributed by atoms with van der Waals surface area (Å²) in [6.45, 7) is 8.98. The van der Waals surface area contributed by atoms with Crippen LogP contribution in [0, 0.1) is 7.14 Å². The van der Waals surface area contributed by atoms with Gasteiger partial charge in [-0.3, -0.25) is 0 Å². The molecule has 0 heterocycles. The molecule has 0 N–H and O–H groups in total. The summed E-state index contributed by atoms with van der Waals surface area (Å²) in [5, 5.41) is 0. The molecule has 0 radical (unpaired) electrons. The molecule has 0 fully saturated rings. The molecule has 2 aromatic rings. The zero-order valence-electron chi connectivity index (χ0n) is 14.9. The molecule has 0 atom stereocenters. The molecule has 8 heteroatoms. The molecular weight excluding hydrogens is 579 g/mol. The van der Waals surface area contributed by atoms with Gasteiger partial charge in [0.25, 0.3) is 0 Å². The van der Waals surface area contributed by atoms with Gasteiger partial charge in [-0.15, -0.1) is 0 Å². The molecule has 0 bridgehead atoms. The van der Waals surface area contributed by atoms with Crippen LogP contribution in [0.3, 0.4) is 0 Å². The number of halogens is 7. The van der Waals surface area contributed by atoms with Gasteiger partial charge in [0.05, 0.1) is 0 Å². The van der Waals surface area contributed by atoms with E-state index in [0.29, 0.717) is 11.8 Å². The Bertz CT molecular complexity index is 643. The first kappa shape index (κ1) is 23.6. The van der Waals surface area contributed by atoms with Gasteiger partial charge in [0.2, 0.25) is 0 Å². The van der Waals surface area contributed by atoms with Crippen molar-refractivity contribution < 1.29 is 38.1 Å². The SMILES string of the molecule is CC(C)c1ccc([I+]c2ccc(C(C)C)cc2)cc1.[F][Sb-]([F])([F])([F])([F])[F]. The summed E-state index contributed by atoms with van der Waals surface area (Å²) >= 11 is -11.3. The molecule has 0 aliphatic rings. The molecule has 0 spiro atoms. The summed E-state index contributed by atoms with van der Waals surface area (Å²) < 4.78 is 62.6. The van der Waals surface area contributed by atoms with E-state index in [9.17, 15) is 16.9 Å². The Kier molecular flexibility index (Phi) is 7.17. The van der Waals surface area contributed by atoms with Gasteiger partial charge in [0, 0.05) is 0 Å². The second-order valence-corrected chi connectivity index (χ2v) is 15.0. The van der Waals surface area contributed by atoms with Crippen molar-refractivity contribution in [1.29, 1.82) is 0 Å². The van der Waals surface area contributed by atoms with Gasteiger partial charge >= 0.3 is 57.6 Å². The van der Waals surface area contributed by atoms with Crippen molar-refractivity contribution >= 4 is 19.5 Å². The van der Waals surface area contributed by atoms with Crippen LogP contribution in [0.4, 0.5) is 16.9 Å². The summed E-state index contributed by atoms with van der Waals surface area (Å²) in [7, 11) is 0. The van der Waals surface area contributed by atoms with Gasteiger partial charge in [0.15, 0.2) is 7.14 Å². The van der Waals surface area contributed by atoms with Crippen LogP contribution in [-0.2, 0) is 0 Å². The van der Waals surface area contributed by atoms with E-state index in [1.807, 2.05) is 0 Å². The average Bonchev–Trinajstić information content (AvgIpc) is 2.45. The fourth-order valence-corrected chi connectivity index (χ4v) is 4.10. The van der Waals surface area contributed by atoms with Crippen LogP contribution < -0.4 is 21.2 Å². The molecule has 148 valence electrons. The predicted octanol–water partition coefficient (Wildman–Crippen LogP) is 4.20. The van der Waals surface area contributed by atoms with E-state index in [1.165, 1.54) is 18.3 Å². The van der Waals surface area contributed by atoms with E-state index in [1.54, 1.807) is 0 Å². The van der Waals surface area contributed by atoms with Crippen molar-refractivity contribution in [2.24, 2.45) is 0 Å². The molecule has 26 heavy (non-hydrogen) atoms. The average molecular weight is 601 g/mol. The number of hydrogen-bond acceptors (Lipinski definition) is 0. The van der Waals surface area contributed by atoms with Crippen molar-refractivity contribution in [3.05, 3.63) is 66.8 Å². The third kappa shape index (κ3) is 12.0. The summed E-state index contributed by atoms with van der Waals surface area (Å²) in [6.07, 6.45) is 0. The molecule has 0 unspecified atom stereocenters. The third-order valence-corrected chi connectivity index (χ3v) is 5.98. The molecule has 0 aliphatic heterocycles. The number of rotatable bonds is 4. The Morgan fingerprint density at radius 3 is 1.00 bits per heavy atom. The van der Waals surface area contributed by atoms with Gasteiger partial charge in [-0.2, -0.15) is 0 Å². The van der Waals surface area contributed by atoms with Gasteiger partial charge < -0.3 is 0 Å². The van der Waals surface area contributed by atoms with E-state index in [4.69, 9.17) is 0 Å². The van der Waals surface area contributed by atoms with Crippen molar-refractivity contribution in [2.75, 3.05) is 0 Å². The molecule has 0 saturated carbocycles. The van der Waals surface area contributed by atoms with Crippen molar-refractivity contribution in [2.45, 2.75) is 39.5 Å². The van der Waals surface area contributed by atoms with Crippen molar-refractivity contribution in [3.8, 4) is 0 Å². The van der Waals surface area contributed by atoms with Gasteiger partial charge in [-0.25, -0.2) is 0 Å². The van der Waals surface area contributed by atoms with Crippen molar-refractivity contribution in [1.82, 2.24) is 0 Å². The van der Waals surface area contributed by atoms with E-state index in [2.05, 4.69) is 76.2 Å². The van der Waals surface area contributed by atoms with Crippen LogP contribution in [0.1, 0.15) is 50.7 Å². The molecule has 0 aromatic heterocycles. The van der Waals surface area contributed by atoms with Gasteiger partial charge in [-0.1, -0.05) is 52.0 Å². The van der Waals surface area contributed by atoms with Crippen LogP contribution in [0.5, 0.6) is 0 Å². The Balaban J connectivity index is 0.000000412. The van der Waals surface area contributed by atoms with Crippen LogP contribution in [-0.4, -0.2) is 19.5 Å². The molecular formula is C18H22F6ISb. The molecule has 0 amide bonds. The summed E-state index contributed by atoms with van der Waals surface area (Å²) in [6, 6.07) is 18.3. The predicted molar refractivity (Wildman–Crippen MR) is 90.9 cm³/mol. The quantitative estimate of drug-likeness (QED) is 0.280. The van der Waals surface area contributed by atoms with Crippen LogP contribution in [0.2, 0.25) is 0 Å². The molecule has 0 nitrogen and oxygen atoms in total. The van der Waals surface area contributed by atoms with Crippen LogP contribution in [0.25, 0.3) is 0 Å². The van der Waals surface area contributed by atoms with E-state index < -0.39 is 19.5 Å². The van der Waals surface area contributed by atoms with Crippen LogP contribution in [0.15, 0.2) is 48.5 Å². The van der Waals surface area contributed by atoms with E-state index >= 15 is 0 Å². The fourth-order valence-electron chi connectivity index (χ4n) is 1.95. The monoisotopic (exact) mass is 600 g/mol. The first-order valence-corrected chi connectivity index (χ1v) is 15.9. The van der Waals surface area contributed by atoms with Gasteiger partial charge in [-0.05, 0) is 47.2 Å². The zero-order chi connectivity index (χ0) is 20.2. The number of benzene rings is 2. The minimum absolute atomic E-state index is 0.0366. The number of hydrogen-bond donors (Lipinski definition) is 0. The fraction of sp³-hybridized carbons (Fsp3) is 0.333. The first-order valence-electron chi connectivity index (χ1n) is 7.92. The molecule has 2 rings (SSSR count). The topological polar surface area (TPSA) is 0 Å². The maximum absolute atomic E-state index is 11.2. The standard InChI is InChI=1S/C18H22I.6FH.Sb/c1-13(2)15-5-9-17(10-6-15)19-18-11-7-16(8-12-18)14(3)4;;;;;;;/h5-14H,1-4H3;6*1H;/q+1;;;;;;;+5/p-6. The Labute approximate surface area is 163 Å². The molecule has 2 aromatic carbocycles. The molecule has 0 saturated heterocycles. The Morgan fingerprint density at radius 1 is 0.577 bits per heavy atom. The Hall–Kier alpha value is -0.432. The van der Waals surface area contributed by atoms with E-state index in [0.717, 1.165) is 0 Å². The zero-order valence-corrected chi connectivity index (χ0v) is 19.6. The summed E-state index contributed by atoms with van der Waals surface area (Å²) in [5.41, 5.74) is 2.87. The normalized spacial score (nSPS) is 14.5. The Morgan fingerprint density at radius 2 is 0.808 bits per heavy atom. The summed E-state index contributed by atoms with van der Waals surface area (Å²) in [4.78, 5) is 0. The second-order valence-electron chi connectivity index (χ2n) is 6.47. The second kappa shape index (κ2) is 7.90.